The maximum absolute atomic E-state index is 9.59. The zero-order valence-electron chi connectivity index (χ0n) is 18.8. The van der Waals surface area contributed by atoms with Crippen LogP contribution in [0.4, 0.5) is 11.8 Å². The molecule has 0 amide bonds. The van der Waals surface area contributed by atoms with Crippen LogP contribution < -0.4 is 21.1 Å². The molecule has 0 radical (unpaired) electrons. The van der Waals surface area contributed by atoms with Gasteiger partial charge in [-0.05, 0) is 61.3 Å². The number of para-hydroxylation sites is 1. The van der Waals surface area contributed by atoms with E-state index in [0.29, 0.717) is 47.5 Å². The zero-order chi connectivity index (χ0) is 22.8. The molecular weight excluding hydrogens is 416 g/mol. The van der Waals surface area contributed by atoms with Crippen molar-refractivity contribution >= 4 is 11.8 Å². The summed E-state index contributed by atoms with van der Waals surface area (Å²) in [6.45, 7) is 1.50. The van der Waals surface area contributed by atoms with Crippen molar-refractivity contribution in [2.45, 2.75) is 44.7 Å². The third-order valence-electron chi connectivity index (χ3n) is 7.77. The van der Waals surface area contributed by atoms with Crippen molar-refractivity contribution in [3.8, 4) is 11.8 Å². The van der Waals surface area contributed by atoms with Crippen LogP contribution in [0.5, 0.6) is 5.75 Å². The van der Waals surface area contributed by atoms with Crippen LogP contribution in [0.25, 0.3) is 0 Å². The van der Waals surface area contributed by atoms with Gasteiger partial charge in [0, 0.05) is 24.7 Å². The Hall–Kier alpha value is -2.89. The molecule has 4 aliphatic rings. The highest BCUT2D eigenvalue weighted by atomic mass is 16.5. The van der Waals surface area contributed by atoms with Crippen LogP contribution in [0, 0.1) is 34.5 Å². The van der Waals surface area contributed by atoms with Gasteiger partial charge in [0.2, 0.25) is 5.95 Å². The topological polar surface area (TPSA) is 129 Å². The molecule has 0 aliphatic heterocycles. The maximum Gasteiger partial charge on any atom is 0.224 e. The molecule has 2 aromatic rings. The summed E-state index contributed by atoms with van der Waals surface area (Å²) in [7, 11) is 0. The normalized spacial score (nSPS) is 29.5. The van der Waals surface area contributed by atoms with Gasteiger partial charge in [-0.15, -0.1) is 0 Å². The largest absolute Gasteiger partial charge is 0.491 e. The number of rotatable bonds is 9. The Labute approximate surface area is 194 Å². The van der Waals surface area contributed by atoms with Gasteiger partial charge < -0.3 is 26.2 Å². The molecule has 4 saturated carbocycles. The minimum Gasteiger partial charge on any atom is -0.491 e. The first kappa shape index (κ1) is 21.9. The van der Waals surface area contributed by atoms with Crippen molar-refractivity contribution in [3.05, 3.63) is 41.6 Å². The highest BCUT2D eigenvalue weighted by Gasteiger charge is 2.54. The Morgan fingerprint density at radius 1 is 1.18 bits per heavy atom. The van der Waals surface area contributed by atoms with Crippen LogP contribution in [0.1, 0.15) is 43.2 Å². The number of anilines is 2. The fourth-order valence-corrected chi connectivity index (χ4v) is 6.52. The fraction of sp³-hybridized carbons (Fsp3) is 0.560. The number of hydrogen-bond acceptors (Lipinski definition) is 8. The Balaban J connectivity index is 1.26. The van der Waals surface area contributed by atoms with Gasteiger partial charge >= 0.3 is 0 Å². The van der Waals surface area contributed by atoms with Gasteiger partial charge in [-0.25, -0.2) is 4.98 Å². The molecule has 1 aromatic carbocycles. The Morgan fingerprint density at radius 2 is 1.97 bits per heavy atom. The number of nitrogens with one attached hydrogen (secondary N) is 2. The molecule has 8 heteroatoms. The standard InChI is InChI=1S/C25H32N6O2/c26-12-20-14-29-24(28-13-17-3-1-2-4-21(17)33-6-5-32)31-23(20)30-15-25-9-16-7-18(10-25)22(27)19(8-16)11-25/h1-4,14,16,18-19,22,32H,5-11,13,15,27H2,(H2,28,29,30,31)/t16?,18-,19+,22-,25-. The maximum atomic E-state index is 9.59. The lowest BCUT2D eigenvalue weighted by Crippen LogP contribution is -2.58. The first-order valence-electron chi connectivity index (χ1n) is 11.9. The molecule has 0 spiro atoms. The summed E-state index contributed by atoms with van der Waals surface area (Å²) in [6.07, 6.45) is 7.75. The van der Waals surface area contributed by atoms with Gasteiger partial charge in [0.15, 0.2) is 0 Å². The summed E-state index contributed by atoms with van der Waals surface area (Å²) < 4.78 is 5.60. The first-order valence-corrected chi connectivity index (χ1v) is 11.9. The number of hydrogen-bond donors (Lipinski definition) is 4. The molecule has 5 atom stereocenters. The third-order valence-corrected chi connectivity index (χ3v) is 7.77. The van der Waals surface area contributed by atoms with Crippen molar-refractivity contribution in [2.24, 2.45) is 28.9 Å². The quantitative estimate of drug-likeness (QED) is 0.461. The molecule has 5 N–H and O–H groups in total. The molecule has 4 aliphatic carbocycles. The van der Waals surface area contributed by atoms with E-state index < -0.39 is 0 Å². The number of aliphatic hydroxyl groups is 1. The van der Waals surface area contributed by atoms with Crippen LogP contribution in [-0.2, 0) is 6.54 Å². The number of aliphatic hydroxyl groups excluding tert-OH is 1. The second-order valence-corrected chi connectivity index (χ2v) is 10.0. The summed E-state index contributed by atoms with van der Waals surface area (Å²) >= 11 is 0. The number of benzene rings is 1. The van der Waals surface area contributed by atoms with Gasteiger partial charge in [0.05, 0.1) is 12.8 Å². The van der Waals surface area contributed by atoms with Crippen LogP contribution in [-0.4, -0.2) is 40.9 Å². The average Bonchev–Trinajstić information content (AvgIpc) is 2.83. The summed E-state index contributed by atoms with van der Waals surface area (Å²) in [5.41, 5.74) is 8.16. The van der Waals surface area contributed by atoms with Crippen LogP contribution in [0.2, 0.25) is 0 Å². The highest BCUT2D eigenvalue weighted by molar-refractivity contribution is 5.53. The van der Waals surface area contributed by atoms with Crippen molar-refractivity contribution in [1.29, 1.82) is 5.26 Å². The Morgan fingerprint density at radius 3 is 2.73 bits per heavy atom. The lowest BCUT2D eigenvalue weighted by atomic mass is 9.48. The number of ether oxygens (including phenoxy) is 1. The monoisotopic (exact) mass is 448 g/mol. The van der Waals surface area contributed by atoms with Crippen LogP contribution in [0.15, 0.2) is 30.5 Å². The first-order chi connectivity index (χ1) is 16.1. The van der Waals surface area contributed by atoms with E-state index in [-0.39, 0.29) is 18.6 Å². The van der Waals surface area contributed by atoms with E-state index in [4.69, 9.17) is 15.6 Å². The second-order valence-electron chi connectivity index (χ2n) is 10.0. The summed E-state index contributed by atoms with van der Waals surface area (Å²) in [5, 5.41) is 25.4. The predicted octanol–water partition coefficient (Wildman–Crippen LogP) is 2.90. The number of nitrogens with zero attached hydrogens (tertiary/aromatic N) is 3. The number of aromatic nitrogens is 2. The summed E-state index contributed by atoms with van der Waals surface area (Å²) in [6, 6.07) is 10.2. The van der Waals surface area contributed by atoms with Gasteiger partial charge in [-0.3, -0.25) is 0 Å². The van der Waals surface area contributed by atoms with E-state index in [1.807, 2.05) is 24.3 Å². The third kappa shape index (κ3) is 4.48. The van der Waals surface area contributed by atoms with Crippen LogP contribution >= 0.6 is 0 Å². The van der Waals surface area contributed by atoms with E-state index in [0.717, 1.165) is 18.0 Å². The van der Waals surface area contributed by atoms with Gasteiger partial charge in [-0.1, -0.05) is 18.2 Å². The minimum absolute atomic E-state index is 0.0365. The lowest BCUT2D eigenvalue weighted by molar-refractivity contribution is -0.0591. The molecule has 8 nitrogen and oxygen atoms in total. The predicted molar refractivity (Wildman–Crippen MR) is 126 cm³/mol. The van der Waals surface area contributed by atoms with Gasteiger partial charge in [0.25, 0.3) is 0 Å². The summed E-state index contributed by atoms with van der Waals surface area (Å²) in [4.78, 5) is 8.94. The minimum atomic E-state index is -0.0365. The molecule has 33 heavy (non-hydrogen) atoms. The molecule has 1 heterocycles. The molecule has 1 unspecified atom stereocenters. The molecule has 4 bridgehead atoms. The van der Waals surface area contributed by atoms with Gasteiger partial charge in [0.1, 0.15) is 29.8 Å². The highest BCUT2D eigenvalue weighted by Crippen LogP contribution is 2.59. The SMILES string of the molecule is N#Cc1cnc(NCc2ccccc2OCCO)nc1NC[C@]12CC3C[C@H](C1)[C@@H](N)[C@@H](C3)C2. The number of nitriles is 1. The zero-order valence-corrected chi connectivity index (χ0v) is 18.8. The van der Waals surface area contributed by atoms with Crippen molar-refractivity contribution in [1.82, 2.24) is 9.97 Å². The summed E-state index contributed by atoms with van der Waals surface area (Å²) in [5.74, 6) is 3.84. The van der Waals surface area contributed by atoms with E-state index in [1.165, 1.54) is 32.1 Å². The van der Waals surface area contributed by atoms with Crippen molar-refractivity contribution in [3.63, 3.8) is 0 Å². The molecule has 6 rings (SSSR count). The molecule has 4 fully saturated rings. The van der Waals surface area contributed by atoms with Crippen LogP contribution in [0.3, 0.4) is 0 Å². The average molecular weight is 449 g/mol. The molecule has 174 valence electrons. The Bertz CT molecular complexity index is 1020. The second kappa shape index (κ2) is 9.16. The van der Waals surface area contributed by atoms with E-state index in [1.54, 1.807) is 6.20 Å². The van der Waals surface area contributed by atoms with Gasteiger partial charge in [-0.2, -0.15) is 10.2 Å². The van der Waals surface area contributed by atoms with Crippen molar-refractivity contribution in [2.75, 3.05) is 30.4 Å². The van der Waals surface area contributed by atoms with E-state index in [9.17, 15) is 5.26 Å². The van der Waals surface area contributed by atoms with E-state index in [2.05, 4.69) is 26.7 Å². The molecule has 0 saturated heterocycles. The fourth-order valence-electron chi connectivity index (χ4n) is 6.52. The smallest absolute Gasteiger partial charge is 0.224 e. The lowest BCUT2D eigenvalue weighted by Gasteiger charge is -2.59. The number of nitrogens with two attached hydrogens (primary N) is 1. The Kier molecular flexibility index (Phi) is 6.09. The van der Waals surface area contributed by atoms with Crippen molar-refractivity contribution < 1.29 is 9.84 Å². The molecule has 1 aromatic heterocycles. The molecular formula is C25H32N6O2. The van der Waals surface area contributed by atoms with E-state index >= 15 is 0 Å².